The fraction of sp³-hybridized carbons (Fsp3) is 0.444. The normalized spacial score (nSPS) is 21.7. The van der Waals surface area contributed by atoms with Crippen LogP contribution in [0.3, 0.4) is 0 Å². The van der Waals surface area contributed by atoms with Crippen LogP contribution in [0.2, 0.25) is 0 Å². The summed E-state index contributed by atoms with van der Waals surface area (Å²) in [6, 6.07) is 2.64. The van der Waals surface area contributed by atoms with E-state index in [4.69, 9.17) is 9.84 Å². The molecule has 39 heavy (non-hydrogen) atoms. The maximum absolute atomic E-state index is 13.2. The first kappa shape index (κ1) is 23.3. The van der Waals surface area contributed by atoms with Crippen molar-refractivity contribution in [2.75, 3.05) is 32.8 Å². The first-order valence-corrected chi connectivity index (χ1v) is 14.4. The maximum atomic E-state index is 13.2. The first-order chi connectivity index (χ1) is 19.1. The molecule has 2 N–H and O–H groups in total. The summed E-state index contributed by atoms with van der Waals surface area (Å²) < 4.78 is 8.93. The number of thiazole rings is 1. The molecule has 9 rings (SSSR count). The van der Waals surface area contributed by atoms with Crippen molar-refractivity contribution >= 4 is 44.0 Å². The van der Waals surface area contributed by atoms with Gasteiger partial charge in [0.25, 0.3) is 11.5 Å². The third-order valence-corrected chi connectivity index (χ3v) is 9.70. The lowest BCUT2D eigenvalue weighted by Gasteiger charge is -2.45. The quantitative estimate of drug-likeness (QED) is 0.337. The predicted molar refractivity (Wildman–Crippen MR) is 147 cm³/mol. The van der Waals surface area contributed by atoms with Gasteiger partial charge in [0.1, 0.15) is 21.3 Å². The molecule has 1 saturated carbocycles. The number of ether oxygens (including phenoxy) is 1. The minimum absolute atomic E-state index is 0.183. The molecule has 0 radical (unpaired) electrons. The molecule has 0 atom stereocenters. The molecule has 5 aromatic heterocycles. The number of rotatable bonds is 6. The SMILES string of the molecule is O=C(NCCN1CC2CCC1CC2)c1cnc2c(c1)[nH]c(=O)c1c2nn2cc(-c3cnn(C4COC4)c3)sc12. The zero-order chi connectivity index (χ0) is 26.1. The maximum Gasteiger partial charge on any atom is 0.261 e. The lowest BCUT2D eigenvalue weighted by molar-refractivity contribution is -0.0286. The Hall–Kier alpha value is -3.61. The fourth-order valence-corrected chi connectivity index (χ4v) is 7.37. The number of hydrogen-bond donors (Lipinski definition) is 2. The van der Waals surface area contributed by atoms with Gasteiger partial charge in [-0.25, -0.2) is 4.52 Å². The zero-order valence-electron chi connectivity index (χ0n) is 21.3. The Balaban J connectivity index is 1.04. The number of nitrogens with zero attached hydrogens (tertiary/aromatic N) is 6. The van der Waals surface area contributed by atoms with Gasteiger partial charge < -0.3 is 15.0 Å². The van der Waals surface area contributed by atoms with E-state index in [0.717, 1.165) is 34.3 Å². The number of aromatic nitrogens is 6. The van der Waals surface area contributed by atoms with Gasteiger partial charge in [-0.2, -0.15) is 10.2 Å². The summed E-state index contributed by atoms with van der Waals surface area (Å²) in [4.78, 5) is 37.8. The Kier molecular flexibility index (Phi) is 5.36. The number of carbonyl (C=O) groups is 1. The molecule has 200 valence electrons. The van der Waals surface area contributed by atoms with Gasteiger partial charge in [0.2, 0.25) is 0 Å². The van der Waals surface area contributed by atoms with E-state index in [1.165, 1.54) is 37.0 Å². The van der Waals surface area contributed by atoms with Crippen LogP contribution in [0.25, 0.3) is 37.2 Å². The van der Waals surface area contributed by atoms with Gasteiger partial charge in [0.15, 0.2) is 0 Å². The van der Waals surface area contributed by atoms with Crippen molar-refractivity contribution in [1.29, 1.82) is 0 Å². The van der Waals surface area contributed by atoms with Crippen LogP contribution in [0.15, 0.2) is 35.6 Å². The molecule has 3 aliphatic heterocycles. The van der Waals surface area contributed by atoms with Crippen LogP contribution >= 0.6 is 11.3 Å². The van der Waals surface area contributed by atoms with E-state index in [9.17, 15) is 9.59 Å². The number of piperidine rings is 2. The Labute approximate surface area is 226 Å². The molecule has 12 heteroatoms. The van der Waals surface area contributed by atoms with Crippen LogP contribution in [0.4, 0.5) is 0 Å². The van der Waals surface area contributed by atoms with Crippen molar-refractivity contribution in [3.05, 3.63) is 46.8 Å². The average Bonchev–Trinajstić information content (AvgIpc) is 3.63. The minimum atomic E-state index is -0.247. The molecular formula is C27H28N8O3S. The highest BCUT2D eigenvalue weighted by atomic mass is 32.1. The van der Waals surface area contributed by atoms with Crippen LogP contribution in [0.1, 0.15) is 42.1 Å². The van der Waals surface area contributed by atoms with Gasteiger partial charge in [-0.05, 0) is 37.7 Å². The van der Waals surface area contributed by atoms with Crippen LogP contribution in [0.5, 0.6) is 0 Å². The highest BCUT2D eigenvalue weighted by Gasteiger charge is 2.33. The lowest BCUT2D eigenvalue weighted by Crippen LogP contribution is -2.50. The van der Waals surface area contributed by atoms with Gasteiger partial charge in [0.05, 0.1) is 41.4 Å². The highest BCUT2D eigenvalue weighted by molar-refractivity contribution is 7.21. The summed E-state index contributed by atoms with van der Waals surface area (Å²) >= 11 is 1.49. The zero-order valence-corrected chi connectivity index (χ0v) is 22.1. The molecule has 4 fully saturated rings. The summed E-state index contributed by atoms with van der Waals surface area (Å²) in [7, 11) is 0. The smallest absolute Gasteiger partial charge is 0.261 e. The second-order valence-electron chi connectivity index (χ2n) is 11.0. The number of aromatic amines is 1. The van der Waals surface area contributed by atoms with Crippen molar-refractivity contribution in [3.8, 4) is 10.4 Å². The van der Waals surface area contributed by atoms with Gasteiger partial charge in [-0.3, -0.25) is 24.2 Å². The Morgan fingerprint density at radius 3 is 2.77 bits per heavy atom. The van der Waals surface area contributed by atoms with Crippen molar-refractivity contribution < 1.29 is 9.53 Å². The number of H-pyrrole nitrogens is 1. The molecule has 2 bridgehead atoms. The van der Waals surface area contributed by atoms with Crippen LogP contribution in [-0.2, 0) is 4.74 Å². The lowest BCUT2D eigenvalue weighted by atomic mass is 9.80. The van der Waals surface area contributed by atoms with Gasteiger partial charge in [-0.1, -0.05) is 0 Å². The standard InChI is InChI=1S/C27H28N8O3S/c36-25(28-5-6-33-10-15-1-3-18(33)4-2-15)16-7-20-23(29-8-16)24-22(26(37)31-20)27-35(32-24)12-21(39-27)17-9-30-34(11-17)19-13-38-14-19/h7-9,11-12,15,18-19H,1-6,10,13-14H2,(H,28,36)(H,31,37). The Morgan fingerprint density at radius 2 is 2.00 bits per heavy atom. The monoisotopic (exact) mass is 544 g/mol. The third-order valence-electron chi connectivity index (χ3n) is 8.55. The van der Waals surface area contributed by atoms with Crippen LogP contribution < -0.4 is 10.9 Å². The second kappa shape index (κ2) is 8.97. The van der Waals surface area contributed by atoms with Crippen molar-refractivity contribution in [1.82, 2.24) is 39.6 Å². The molecule has 0 spiro atoms. The Morgan fingerprint density at radius 1 is 1.13 bits per heavy atom. The molecule has 1 amide bonds. The molecule has 8 heterocycles. The molecule has 1 aliphatic carbocycles. The number of hydrogen-bond acceptors (Lipinski definition) is 8. The second-order valence-corrected chi connectivity index (χ2v) is 12.0. The fourth-order valence-electron chi connectivity index (χ4n) is 6.31. The molecule has 5 aromatic rings. The van der Waals surface area contributed by atoms with Crippen LogP contribution in [0, 0.1) is 5.92 Å². The van der Waals surface area contributed by atoms with Crippen LogP contribution in [-0.4, -0.2) is 79.1 Å². The van der Waals surface area contributed by atoms with E-state index < -0.39 is 0 Å². The molecule has 11 nitrogen and oxygen atoms in total. The third kappa shape index (κ3) is 3.88. The number of fused-ring (bicyclic) bond motifs is 8. The number of carbonyl (C=O) groups excluding carboxylic acids is 1. The summed E-state index contributed by atoms with van der Waals surface area (Å²) in [5.74, 6) is 0.636. The van der Waals surface area contributed by atoms with Crippen molar-refractivity contribution in [2.45, 2.75) is 37.8 Å². The van der Waals surface area contributed by atoms with E-state index in [1.54, 1.807) is 16.8 Å². The average molecular weight is 545 g/mol. The largest absolute Gasteiger partial charge is 0.377 e. The van der Waals surface area contributed by atoms with Gasteiger partial charge >= 0.3 is 0 Å². The first-order valence-electron chi connectivity index (χ1n) is 13.6. The number of nitrogens with one attached hydrogen (secondary N) is 2. The van der Waals surface area contributed by atoms with Crippen molar-refractivity contribution in [2.24, 2.45) is 5.92 Å². The summed E-state index contributed by atoms with van der Waals surface area (Å²) in [6.07, 6.45) is 12.6. The van der Waals surface area contributed by atoms with E-state index in [0.29, 0.717) is 53.3 Å². The number of pyridine rings is 2. The topological polar surface area (TPSA) is 122 Å². The van der Waals surface area contributed by atoms with E-state index in [1.807, 2.05) is 23.3 Å². The van der Waals surface area contributed by atoms with Gasteiger partial charge in [-0.15, -0.1) is 11.3 Å². The predicted octanol–water partition coefficient (Wildman–Crippen LogP) is 2.82. The summed E-state index contributed by atoms with van der Waals surface area (Å²) in [6.45, 7) is 3.98. The van der Waals surface area contributed by atoms with Crippen molar-refractivity contribution in [3.63, 3.8) is 0 Å². The Bertz CT molecular complexity index is 1790. The highest BCUT2D eigenvalue weighted by Crippen LogP contribution is 2.35. The summed E-state index contributed by atoms with van der Waals surface area (Å²) in [5.41, 5.74) is 2.76. The van der Waals surface area contributed by atoms with E-state index in [2.05, 4.69) is 25.3 Å². The molecule has 4 aliphatic rings. The summed E-state index contributed by atoms with van der Waals surface area (Å²) in [5, 5.41) is 12.7. The molecule has 0 unspecified atom stereocenters. The number of amides is 1. The molecule has 0 aromatic carbocycles. The minimum Gasteiger partial charge on any atom is -0.377 e. The molecule has 3 saturated heterocycles. The van der Waals surface area contributed by atoms with Gasteiger partial charge in [0, 0.05) is 49.8 Å². The molecular weight excluding hydrogens is 516 g/mol. The van der Waals surface area contributed by atoms with E-state index in [-0.39, 0.29) is 17.5 Å². The van der Waals surface area contributed by atoms with E-state index >= 15 is 0 Å².